The molecule has 0 aromatic heterocycles. The van der Waals surface area contributed by atoms with Gasteiger partial charge in [0.05, 0.1) is 6.42 Å². The van der Waals surface area contributed by atoms with Crippen molar-refractivity contribution in [3.05, 3.63) is 0 Å². The Balaban J connectivity index is 2.52. The molecule has 0 spiro atoms. The number of carboxylic acid groups (broad SMARTS) is 1. The molecule has 2 unspecified atom stereocenters. The molecular formula is C10H17N3O4. The van der Waals surface area contributed by atoms with Crippen molar-refractivity contribution < 1.29 is 19.5 Å². The second kappa shape index (κ2) is 5.62. The fraction of sp³-hybridized carbons (Fsp3) is 0.700. The van der Waals surface area contributed by atoms with Gasteiger partial charge in [-0.2, -0.15) is 0 Å². The minimum atomic E-state index is -1.26. The van der Waals surface area contributed by atoms with E-state index in [2.05, 4.69) is 5.32 Å². The smallest absolute Gasteiger partial charge is 0.326 e. The predicted molar refractivity (Wildman–Crippen MR) is 58.7 cm³/mol. The number of carbonyl (C=O) groups excluding carboxylic acids is 2. The summed E-state index contributed by atoms with van der Waals surface area (Å²) in [4.78, 5) is 33.2. The number of hydrogen-bond donors (Lipinski definition) is 4. The highest BCUT2D eigenvalue weighted by Gasteiger charge is 2.31. The molecule has 0 aromatic carbocycles. The lowest BCUT2D eigenvalue weighted by Crippen LogP contribution is -2.45. The molecule has 2 amide bonds. The second-order valence-corrected chi connectivity index (χ2v) is 4.34. The van der Waals surface area contributed by atoms with E-state index >= 15 is 0 Å². The molecule has 0 heterocycles. The highest BCUT2D eigenvalue weighted by atomic mass is 16.4. The Morgan fingerprint density at radius 2 is 2.00 bits per heavy atom. The van der Waals surface area contributed by atoms with Crippen LogP contribution in [0.1, 0.15) is 25.7 Å². The van der Waals surface area contributed by atoms with Gasteiger partial charge in [0.2, 0.25) is 11.8 Å². The van der Waals surface area contributed by atoms with Gasteiger partial charge in [0.25, 0.3) is 0 Å². The molecule has 96 valence electrons. The summed E-state index contributed by atoms with van der Waals surface area (Å²) in [5.74, 6) is -2.66. The Bertz CT molecular complexity index is 332. The predicted octanol–water partition coefficient (Wildman–Crippen LogP) is -1.44. The number of aliphatic carboxylic acids is 1. The largest absolute Gasteiger partial charge is 0.480 e. The van der Waals surface area contributed by atoms with Crippen molar-refractivity contribution in [3.63, 3.8) is 0 Å². The van der Waals surface area contributed by atoms with Gasteiger partial charge in [-0.25, -0.2) is 4.79 Å². The number of nitrogens with one attached hydrogen (secondary N) is 1. The molecule has 0 saturated heterocycles. The minimum absolute atomic E-state index is 0.00910. The van der Waals surface area contributed by atoms with E-state index < -0.39 is 24.3 Å². The molecule has 1 saturated carbocycles. The Kier molecular flexibility index (Phi) is 4.45. The zero-order chi connectivity index (χ0) is 13.0. The van der Waals surface area contributed by atoms with Crippen molar-refractivity contribution in [2.45, 2.75) is 37.8 Å². The van der Waals surface area contributed by atoms with Crippen LogP contribution in [0, 0.1) is 5.92 Å². The normalized spacial score (nSPS) is 25.2. The number of hydrogen-bond acceptors (Lipinski definition) is 4. The molecule has 1 rings (SSSR count). The van der Waals surface area contributed by atoms with Crippen LogP contribution in [-0.2, 0) is 14.4 Å². The summed E-state index contributed by atoms with van der Waals surface area (Å²) in [5.41, 5.74) is 10.6. The summed E-state index contributed by atoms with van der Waals surface area (Å²) in [6.07, 6.45) is 1.55. The SMILES string of the molecule is NC(=O)C[C@@H](NC(=O)C1CCC(N)C1)C(=O)O. The third-order valence-corrected chi connectivity index (χ3v) is 2.86. The first-order chi connectivity index (χ1) is 7.90. The van der Waals surface area contributed by atoms with Crippen LogP contribution in [0.3, 0.4) is 0 Å². The van der Waals surface area contributed by atoms with E-state index in [1.807, 2.05) is 0 Å². The van der Waals surface area contributed by atoms with E-state index in [4.69, 9.17) is 16.6 Å². The lowest BCUT2D eigenvalue weighted by Gasteiger charge is -2.16. The molecule has 1 fully saturated rings. The quantitative estimate of drug-likeness (QED) is 0.469. The van der Waals surface area contributed by atoms with Crippen LogP contribution in [0.5, 0.6) is 0 Å². The zero-order valence-corrected chi connectivity index (χ0v) is 9.39. The first kappa shape index (κ1) is 13.4. The first-order valence-corrected chi connectivity index (χ1v) is 5.47. The molecule has 0 aliphatic heterocycles. The van der Waals surface area contributed by atoms with Crippen LogP contribution in [0.2, 0.25) is 0 Å². The lowest BCUT2D eigenvalue weighted by atomic mass is 10.1. The molecule has 0 aromatic rings. The van der Waals surface area contributed by atoms with Crippen molar-refractivity contribution in [2.75, 3.05) is 0 Å². The maximum absolute atomic E-state index is 11.7. The fourth-order valence-electron chi connectivity index (χ4n) is 1.95. The fourth-order valence-corrected chi connectivity index (χ4v) is 1.95. The van der Waals surface area contributed by atoms with Gasteiger partial charge in [0.1, 0.15) is 6.04 Å². The van der Waals surface area contributed by atoms with Crippen molar-refractivity contribution in [1.29, 1.82) is 0 Å². The average Bonchev–Trinajstić information content (AvgIpc) is 2.63. The molecule has 3 atom stereocenters. The second-order valence-electron chi connectivity index (χ2n) is 4.34. The number of carboxylic acids is 1. The van der Waals surface area contributed by atoms with Crippen LogP contribution >= 0.6 is 0 Å². The molecule has 0 radical (unpaired) electrons. The van der Waals surface area contributed by atoms with Gasteiger partial charge < -0.3 is 21.9 Å². The van der Waals surface area contributed by atoms with Crippen LogP contribution in [0.25, 0.3) is 0 Å². The number of primary amides is 1. The van der Waals surface area contributed by atoms with E-state index in [-0.39, 0.29) is 17.9 Å². The number of amides is 2. The summed E-state index contributed by atoms with van der Waals surface area (Å²) < 4.78 is 0. The summed E-state index contributed by atoms with van der Waals surface area (Å²) in [5, 5.41) is 11.1. The van der Waals surface area contributed by atoms with E-state index in [0.717, 1.165) is 6.42 Å². The van der Waals surface area contributed by atoms with Crippen molar-refractivity contribution >= 4 is 17.8 Å². The monoisotopic (exact) mass is 243 g/mol. The number of rotatable bonds is 5. The highest BCUT2D eigenvalue weighted by molar-refractivity contribution is 5.89. The average molecular weight is 243 g/mol. The Morgan fingerprint density at radius 1 is 1.35 bits per heavy atom. The van der Waals surface area contributed by atoms with E-state index in [9.17, 15) is 14.4 Å². The molecule has 17 heavy (non-hydrogen) atoms. The maximum atomic E-state index is 11.7. The Morgan fingerprint density at radius 3 is 2.41 bits per heavy atom. The van der Waals surface area contributed by atoms with Gasteiger partial charge in [0, 0.05) is 12.0 Å². The van der Waals surface area contributed by atoms with Gasteiger partial charge >= 0.3 is 5.97 Å². The van der Waals surface area contributed by atoms with Gasteiger partial charge in [0.15, 0.2) is 0 Å². The topological polar surface area (TPSA) is 136 Å². The molecular weight excluding hydrogens is 226 g/mol. The maximum Gasteiger partial charge on any atom is 0.326 e. The van der Waals surface area contributed by atoms with Crippen molar-refractivity contribution in [2.24, 2.45) is 17.4 Å². The summed E-state index contributed by atoms with van der Waals surface area (Å²) in [6, 6.07) is -1.26. The third-order valence-electron chi connectivity index (χ3n) is 2.86. The van der Waals surface area contributed by atoms with E-state index in [1.165, 1.54) is 0 Å². The third kappa shape index (κ3) is 4.03. The molecule has 7 nitrogen and oxygen atoms in total. The van der Waals surface area contributed by atoms with Gasteiger partial charge in [-0.3, -0.25) is 9.59 Å². The highest BCUT2D eigenvalue weighted by Crippen LogP contribution is 2.24. The Labute approximate surface area is 98.5 Å². The number of nitrogens with two attached hydrogens (primary N) is 2. The minimum Gasteiger partial charge on any atom is -0.480 e. The standard InChI is InChI=1S/C10H17N3O4/c11-6-2-1-5(3-6)9(15)13-7(10(16)17)4-8(12)14/h5-7H,1-4,11H2,(H2,12,14)(H,13,15)(H,16,17)/t5?,6?,7-/m1/s1. The lowest BCUT2D eigenvalue weighted by molar-refractivity contribution is -0.143. The van der Waals surface area contributed by atoms with Crippen LogP contribution in [-0.4, -0.2) is 35.0 Å². The van der Waals surface area contributed by atoms with Crippen LogP contribution < -0.4 is 16.8 Å². The van der Waals surface area contributed by atoms with Crippen molar-refractivity contribution in [3.8, 4) is 0 Å². The van der Waals surface area contributed by atoms with E-state index in [1.54, 1.807) is 0 Å². The Hall–Kier alpha value is -1.63. The van der Waals surface area contributed by atoms with Gasteiger partial charge in [-0.15, -0.1) is 0 Å². The number of carbonyl (C=O) groups is 3. The zero-order valence-electron chi connectivity index (χ0n) is 9.39. The molecule has 1 aliphatic carbocycles. The summed E-state index contributed by atoms with van der Waals surface area (Å²) in [6.45, 7) is 0. The first-order valence-electron chi connectivity index (χ1n) is 5.47. The molecule has 0 bridgehead atoms. The van der Waals surface area contributed by atoms with Crippen LogP contribution in [0.15, 0.2) is 0 Å². The molecule has 1 aliphatic rings. The molecule has 6 N–H and O–H groups in total. The summed E-state index contributed by atoms with van der Waals surface area (Å²) in [7, 11) is 0. The van der Waals surface area contributed by atoms with E-state index in [0.29, 0.717) is 12.8 Å². The van der Waals surface area contributed by atoms with Gasteiger partial charge in [-0.05, 0) is 19.3 Å². The molecule has 7 heteroatoms. The van der Waals surface area contributed by atoms with Gasteiger partial charge in [-0.1, -0.05) is 0 Å². The van der Waals surface area contributed by atoms with Crippen molar-refractivity contribution in [1.82, 2.24) is 5.32 Å². The summed E-state index contributed by atoms with van der Waals surface area (Å²) >= 11 is 0. The van der Waals surface area contributed by atoms with Crippen LogP contribution in [0.4, 0.5) is 0 Å².